The number of nitrogen functional groups attached to an aromatic ring is 1. The number of alkyl halides is 4. The van der Waals surface area contributed by atoms with Crippen LogP contribution in [0.25, 0.3) is 22.2 Å². The highest BCUT2D eigenvalue weighted by Gasteiger charge is 2.50. The van der Waals surface area contributed by atoms with Gasteiger partial charge in [-0.15, -0.1) is 0 Å². The topological polar surface area (TPSA) is 119 Å². The maximum absolute atomic E-state index is 14.6. The molecule has 1 aromatic carbocycles. The number of fused-ring (bicyclic) bond motifs is 3. The third-order valence-electron chi connectivity index (χ3n) is 10.7. The zero-order valence-electron chi connectivity index (χ0n) is 30.1. The summed E-state index contributed by atoms with van der Waals surface area (Å²) in [7, 11) is 0. The summed E-state index contributed by atoms with van der Waals surface area (Å²) in [4.78, 5) is 33.5. The fourth-order valence-electron chi connectivity index (χ4n) is 8.37. The van der Waals surface area contributed by atoms with Gasteiger partial charge < -0.3 is 29.7 Å². The molecule has 2 N–H and O–H groups in total. The molecule has 0 aliphatic carbocycles. The van der Waals surface area contributed by atoms with Crippen molar-refractivity contribution in [3.8, 4) is 23.1 Å². The van der Waals surface area contributed by atoms with Crippen molar-refractivity contribution >= 4 is 40.1 Å². The van der Waals surface area contributed by atoms with E-state index in [1.54, 1.807) is 25.7 Å². The van der Waals surface area contributed by atoms with Gasteiger partial charge >= 0.3 is 18.3 Å². The number of rotatable bonds is 5. The number of aryl methyl sites for hydroxylation is 1. The lowest BCUT2D eigenvalue weighted by Crippen LogP contribution is -2.63. The molecule has 0 unspecified atom stereocenters. The van der Waals surface area contributed by atoms with E-state index in [0.29, 0.717) is 37.1 Å². The lowest BCUT2D eigenvalue weighted by molar-refractivity contribution is -0.137. The summed E-state index contributed by atoms with van der Waals surface area (Å²) in [6.45, 7) is 12.3. The van der Waals surface area contributed by atoms with Crippen LogP contribution in [0.3, 0.4) is 0 Å². The van der Waals surface area contributed by atoms with Crippen molar-refractivity contribution in [1.82, 2.24) is 24.8 Å². The second-order valence-electron chi connectivity index (χ2n) is 15.5. The molecule has 3 fully saturated rings. The highest BCUT2D eigenvalue weighted by molar-refractivity contribution is 6.38. The molecule has 16 heteroatoms. The van der Waals surface area contributed by atoms with Gasteiger partial charge in [-0.1, -0.05) is 18.5 Å². The maximum Gasteiger partial charge on any atom is 0.417 e. The van der Waals surface area contributed by atoms with E-state index in [1.807, 2.05) is 18.7 Å². The molecule has 11 nitrogen and oxygen atoms in total. The van der Waals surface area contributed by atoms with Gasteiger partial charge in [-0.2, -0.15) is 23.1 Å². The van der Waals surface area contributed by atoms with Crippen molar-refractivity contribution in [1.29, 1.82) is 0 Å². The Morgan fingerprint density at radius 1 is 1.15 bits per heavy atom. The predicted octanol–water partition coefficient (Wildman–Crippen LogP) is 7.20. The quantitative estimate of drug-likeness (QED) is 0.212. The highest BCUT2D eigenvalue weighted by Crippen LogP contribution is 2.48. The van der Waals surface area contributed by atoms with Gasteiger partial charge in [0.1, 0.15) is 41.2 Å². The van der Waals surface area contributed by atoms with Gasteiger partial charge in [0.25, 0.3) is 0 Å². The van der Waals surface area contributed by atoms with Crippen LogP contribution in [-0.2, 0) is 10.9 Å². The minimum absolute atomic E-state index is 0.0143. The van der Waals surface area contributed by atoms with Crippen molar-refractivity contribution in [3.63, 3.8) is 0 Å². The summed E-state index contributed by atoms with van der Waals surface area (Å²) in [6.07, 6.45) is -4.27. The van der Waals surface area contributed by atoms with E-state index >= 15 is 0 Å². The molecule has 7 rings (SSSR count). The first kappa shape index (κ1) is 36.5. The molecular formula is C36H44ClF4N7O4. The van der Waals surface area contributed by atoms with Gasteiger partial charge in [-0.05, 0) is 78.1 Å². The van der Waals surface area contributed by atoms with Crippen molar-refractivity contribution < 1.29 is 36.6 Å². The van der Waals surface area contributed by atoms with Gasteiger partial charge in [-0.3, -0.25) is 4.90 Å². The zero-order valence-corrected chi connectivity index (χ0v) is 30.9. The summed E-state index contributed by atoms with van der Waals surface area (Å²) in [5.74, 6) is 0.350. The van der Waals surface area contributed by atoms with E-state index in [-0.39, 0.29) is 64.1 Å². The Kier molecular flexibility index (Phi) is 9.07. The van der Waals surface area contributed by atoms with Crippen LogP contribution in [0.5, 0.6) is 11.9 Å². The van der Waals surface area contributed by atoms with E-state index in [1.165, 1.54) is 19.1 Å². The minimum atomic E-state index is -4.76. The Bertz CT molecular complexity index is 1910. The molecule has 5 atom stereocenters. The van der Waals surface area contributed by atoms with Gasteiger partial charge in [0, 0.05) is 37.3 Å². The number of aromatic nitrogens is 3. The summed E-state index contributed by atoms with van der Waals surface area (Å²) in [5.41, 5.74) is 3.46. The molecule has 0 bridgehead atoms. The Morgan fingerprint density at radius 3 is 2.60 bits per heavy atom. The fraction of sp³-hybridized carbons (Fsp3) is 0.611. The molecule has 4 aliphatic rings. The fourth-order valence-corrected chi connectivity index (χ4v) is 8.65. The van der Waals surface area contributed by atoms with Crippen LogP contribution in [0.15, 0.2) is 12.1 Å². The van der Waals surface area contributed by atoms with E-state index in [0.717, 1.165) is 19.4 Å². The van der Waals surface area contributed by atoms with E-state index in [2.05, 4.69) is 9.88 Å². The van der Waals surface area contributed by atoms with Crippen molar-refractivity contribution in [3.05, 3.63) is 28.3 Å². The van der Waals surface area contributed by atoms with Crippen LogP contribution in [0.1, 0.15) is 71.4 Å². The summed E-state index contributed by atoms with van der Waals surface area (Å²) in [6, 6.07) is 1.61. The largest absolute Gasteiger partial charge is 0.472 e. The number of hydrogen-bond donors (Lipinski definition) is 1. The molecule has 0 radical (unpaired) electrons. The van der Waals surface area contributed by atoms with Crippen molar-refractivity contribution in [2.24, 2.45) is 0 Å². The monoisotopic (exact) mass is 749 g/mol. The van der Waals surface area contributed by atoms with Crippen LogP contribution in [-0.4, -0.2) is 99.1 Å². The summed E-state index contributed by atoms with van der Waals surface area (Å²) < 4.78 is 77.1. The van der Waals surface area contributed by atoms with Gasteiger partial charge in [0.15, 0.2) is 0 Å². The van der Waals surface area contributed by atoms with Crippen LogP contribution in [0, 0.1) is 6.92 Å². The van der Waals surface area contributed by atoms with Crippen LogP contribution in [0.4, 0.5) is 33.9 Å². The van der Waals surface area contributed by atoms with Gasteiger partial charge in [0.05, 0.1) is 33.9 Å². The lowest BCUT2D eigenvalue weighted by Gasteiger charge is -2.47. The lowest BCUT2D eigenvalue weighted by atomic mass is 9.95. The molecule has 0 saturated carbocycles. The Morgan fingerprint density at radius 2 is 1.90 bits per heavy atom. The average molecular weight is 750 g/mol. The first-order chi connectivity index (χ1) is 24.4. The third kappa shape index (κ3) is 6.41. The van der Waals surface area contributed by atoms with E-state index in [4.69, 9.17) is 41.5 Å². The molecule has 282 valence electrons. The molecule has 1 amide bonds. The van der Waals surface area contributed by atoms with Gasteiger partial charge in [0.2, 0.25) is 5.88 Å². The van der Waals surface area contributed by atoms with Crippen molar-refractivity contribution in [2.75, 3.05) is 43.4 Å². The Balaban J connectivity index is 1.40. The highest BCUT2D eigenvalue weighted by atomic mass is 35.5. The molecule has 3 aromatic rings. The number of carbonyl (C=O) groups is 1. The smallest absolute Gasteiger partial charge is 0.417 e. The molecular weight excluding hydrogens is 706 g/mol. The predicted molar refractivity (Wildman–Crippen MR) is 189 cm³/mol. The number of ether oxygens (including phenoxy) is 3. The number of nitrogens with zero attached hydrogens (tertiary/aromatic N) is 6. The normalized spacial score (nSPS) is 26.2. The standard InChI is InChI=1S/C36H44ClF4N7O4/c1-7-22-15-48-24(16-47(22)33(49)52-34(4,5)6)19(3)51-31-25-29(27(37)28(43-31)23-12-21(42)11-18(2)26(23)36(39,40)41)44-32(45-30(25)48)50-17-35-9-8-10-46(35)14-20(38)13-35/h11-12,19-20,22,24H,7-10,13-17,42H2,1-6H3/t19-,20+,22+,24-,35-/m0/s1. The molecule has 0 spiro atoms. The number of pyridine rings is 1. The number of hydrogen-bond acceptors (Lipinski definition) is 10. The first-order valence-corrected chi connectivity index (χ1v) is 18.1. The minimum Gasteiger partial charge on any atom is -0.472 e. The number of nitrogens with two attached hydrogens (primary N) is 1. The van der Waals surface area contributed by atoms with Gasteiger partial charge in [-0.25, -0.2) is 14.2 Å². The van der Waals surface area contributed by atoms with Crippen LogP contribution >= 0.6 is 11.6 Å². The molecule has 6 heterocycles. The summed E-state index contributed by atoms with van der Waals surface area (Å²) >= 11 is 7.06. The molecule has 3 saturated heterocycles. The van der Waals surface area contributed by atoms with E-state index < -0.39 is 47.3 Å². The second kappa shape index (κ2) is 12.9. The SMILES string of the molecule is CC[C@@H]1CN2c3nc(OC[C@@]45CCCN4C[C@H](F)C5)nc4c(Cl)c(-c5cc(N)cc(C)c5C(F)(F)F)nc(c34)O[C@@H](C)[C@@H]2CN1C(=O)OC(C)(C)C. The Hall–Kier alpha value is -3.85. The third-order valence-corrected chi connectivity index (χ3v) is 11.0. The number of anilines is 2. The van der Waals surface area contributed by atoms with Crippen LogP contribution in [0.2, 0.25) is 5.02 Å². The first-order valence-electron chi connectivity index (χ1n) is 17.7. The number of carbonyl (C=O) groups excluding carboxylic acids is 1. The molecule has 2 aromatic heterocycles. The van der Waals surface area contributed by atoms with E-state index in [9.17, 15) is 22.4 Å². The number of piperazine rings is 1. The van der Waals surface area contributed by atoms with Crippen LogP contribution < -0.4 is 20.1 Å². The molecule has 4 aliphatic heterocycles. The summed E-state index contributed by atoms with van der Waals surface area (Å²) in [5, 5.41) is 0.137. The number of halogens is 5. The number of benzene rings is 1. The average Bonchev–Trinajstić information content (AvgIpc) is 3.54. The van der Waals surface area contributed by atoms with Crippen molar-refractivity contribution in [2.45, 2.75) is 109 Å². The maximum atomic E-state index is 14.6. The zero-order chi connectivity index (χ0) is 37.5. The number of amides is 1. The second-order valence-corrected chi connectivity index (χ2v) is 15.9. The Labute approximate surface area is 304 Å². The molecule has 52 heavy (non-hydrogen) atoms.